The van der Waals surface area contributed by atoms with Gasteiger partial charge in [0.25, 0.3) is 0 Å². The van der Waals surface area contributed by atoms with Crippen LogP contribution in [0.15, 0.2) is 18.2 Å². The van der Waals surface area contributed by atoms with Gasteiger partial charge in [-0.15, -0.1) is 0 Å². The summed E-state index contributed by atoms with van der Waals surface area (Å²) in [5.74, 6) is 1.01. The molecule has 0 spiro atoms. The van der Waals surface area contributed by atoms with Crippen LogP contribution in [0.1, 0.15) is 24.5 Å². The summed E-state index contributed by atoms with van der Waals surface area (Å²) in [5.41, 5.74) is 2.46. The summed E-state index contributed by atoms with van der Waals surface area (Å²) in [6.45, 7) is 5.05. The summed E-state index contributed by atoms with van der Waals surface area (Å²) in [6.07, 6.45) is 2.00. The summed E-state index contributed by atoms with van der Waals surface area (Å²) in [5, 5.41) is 0. The van der Waals surface area contributed by atoms with E-state index in [0.29, 0.717) is 0 Å². The minimum absolute atomic E-state index is 0.0126. The second-order valence-electron chi connectivity index (χ2n) is 3.62. The third kappa shape index (κ3) is 1.75. The smallest absolute Gasteiger partial charge is 0.202 e. The molecule has 2 heteroatoms. The van der Waals surface area contributed by atoms with Crippen molar-refractivity contribution in [2.75, 3.05) is 6.61 Å². The van der Waals surface area contributed by atoms with Crippen molar-refractivity contribution >= 4 is 0 Å². The number of hydrogen-bond acceptors (Lipinski definition) is 2. The molecule has 0 aliphatic carbocycles. The molecule has 0 bridgehead atoms. The molecule has 0 radical (unpaired) electrons. The summed E-state index contributed by atoms with van der Waals surface area (Å²) >= 11 is 0. The molecule has 2 rings (SSSR count). The zero-order valence-electron chi connectivity index (χ0n) is 8.75. The van der Waals surface area contributed by atoms with Gasteiger partial charge in [-0.1, -0.05) is 25.1 Å². The summed E-state index contributed by atoms with van der Waals surface area (Å²) in [4.78, 5) is 0. The van der Waals surface area contributed by atoms with Crippen molar-refractivity contribution in [2.24, 2.45) is 0 Å². The Hall–Kier alpha value is -1.02. The number of hydrogen-bond donors (Lipinski definition) is 0. The van der Waals surface area contributed by atoms with E-state index < -0.39 is 0 Å². The van der Waals surface area contributed by atoms with E-state index in [4.69, 9.17) is 9.47 Å². The van der Waals surface area contributed by atoms with Crippen LogP contribution >= 0.6 is 0 Å². The van der Waals surface area contributed by atoms with E-state index in [2.05, 4.69) is 32.0 Å². The molecule has 1 saturated heterocycles. The summed E-state index contributed by atoms with van der Waals surface area (Å²) in [6, 6.07) is 6.26. The fourth-order valence-electron chi connectivity index (χ4n) is 1.60. The van der Waals surface area contributed by atoms with Crippen LogP contribution in [0, 0.1) is 6.92 Å². The Balaban J connectivity index is 2.19. The highest BCUT2D eigenvalue weighted by molar-refractivity contribution is 5.40. The molecule has 76 valence electrons. The SMILES string of the molecule is CCc1cccc(C)c1OC1CCO1. The highest BCUT2D eigenvalue weighted by Crippen LogP contribution is 2.27. The molecule has 1 fully saturated rings. The van der Waals surface area contributed by atoms with Gasteiger partial charge in [0.15, 0.2) is 0 Å². The molecule has 0 saturated carbocycles. The third-order valence-electron chi connectivity index (χ3n) is 2.58. The highest BCUT2D eigenvalue weighted by atomic mass is 16.7. The lowest BCUT2D eigenvalue weighted by Crippen LogP contribution is -2.32. The number of para-hydroxylation sites is 1. The van der Waals surface area contributed by atoms with E-state index in [-0.39, 0.29) is 6.29 Å². The van der Waals surface area contributed by atoms with Gasteiger partial charge in [-0.2, -0.15) is 0 Å². The lowest BCUT2D eigenvalue weighted by molar-refractivity contribution is -0.165. The van der Waals surface area contributed by atoms with Crippen molar-refractivity contribution in [1.82, 2.24) is 0 Å². The van der Waals surface area contributed by atoms with Crippen LogP contribution in [0.5, 0.6) is 5.75 Å². The molecule has 0 aromatic heterocycles. The topological polar surface area (TPSA) is 18.5 Å². The van der Waals surface area contributed by atoms with Gasteiger partial charge in [-0.3, -0.25) is 0 Å². The number of ether oxygens (including phenoxy) is 2. The van der Waals surface area contributed by atoms with Crippen molar-refractivity contribution in [3.63, 3.8) is 0 Å². The first-order valence-corrected chi connectivity index (χ1v) is 5.18. The first-order chi connectivity index (χ1) is 6.81. The molecule has 1 heterocycles. The second kappa shape index (κ2) is 4.01. The number of benzene rings is 1. The largest absolute Gasteiger partial charge is 0.464 e. The van der Waals surface area contributed by atoms with Gasteiger partial charge in [0.05, 0.1) is 6.61 Å². The maximum absolute atomic E-state index is 5.78. The Morgan fingerprint density at radius 2 is 2.29 bits per heavy atom. The van der Waals surface area contributed by atoms with Gasteiger partial charge in [0, 0.05) is 6.42 Å². The van der Waals surface area contributed by atoms with Gasteiger partial charge in [0.2, 0.25) is 6.29 Å². The summed E-state index contributed by atoms with van der Waals surface area (Å²) in [7, 11) is 0. The Bertz CT molecular complexity index is 316. The predicted molar refractivity (Wildman–Crippen MR) is 55.5 cm³/mol. The van der Waals surface area contributed by atoms with Gasteiger partial charge in [-0.25, -0.2) is 0 Å². The maximum Gasteiger partial charge on any atom is 0.202 e. The zero-order chi connectivity index (χ0) is 9.97. The molecule has 1 aromatic carbocycles. The average molecular weight is 192 g/mol. The van der Waals surface area contributed by atoms with Crippen molar-refractivity contribution < 1.29 is 9.47 Å². The number of rotatable bonds is 3. The van der Waals surface area contributed by atoms with Gasteiger partial charge < -0.3 is 9.47 Å². The molecule has 1 aliphatic rings. The van der Waals surface area contributed by atoms with E-state index >= 15 is 0 Å². The monoisotopic (exact) mass is 192 g/mol. The molecule has 0 N–H and O–H groups in total. The second-order valence-corrected chi connectivity index (χ2v) is 3.62. The fourth-order valence-corrected chi connectivity index (χ4v) is 1.60. The first kappa shape index (κ1) is 9.53. The van der Waals surface area contributed by atoms with Crippen LogP contribution in [-0.4, -0.2) is 12.9 Å². The molecule has 2 nitrogen and oxygen atoms in total. The highest BCUT2D eigenvalue weighted by Gasteiger charge is 2.21. The molecule has 14 heavy (non-hydrogen) atoms. The lowest BCUT2D eigenvalue weighted by atomic mass is 10.1. The van der Waals surface area contributed by atoms with Crippen LogP contribution in [0.3, 0.4) is 0 Å². The van der Waals surface area contributed by atoms with E-state index in [1.807, 2.05) is 0 Å². The van der Waals surface area contributed by atoms with Crippen molar-refractivity contribution in [1.29, 1.82) is 0 Å². The van der Waals surface area contributed by atoms with Crippen LogP contribution in [-0.2, 0) is 11.2 Å². The normalized spacial score (nSPS) is 20.3. The minimum atomic E-state index is -0.0126. The maximum atomic E-state index is 5.78. The Morgan fingerprint density at radius 1 is 1.50 bits per heavy atom. The molecule has 1 atom stereocenters. The van der Waals surface area contributed by atoms with Gasteiger partial charge in [0.1, 0.15) is 5.75 Å². The fraction of sp³-hybridized carbons (Fsp3) is 0.500. The van der Waals surface area contributed by atoms with Crippen LogP contribution in [0.2, 0.25) is 0 Å². The standard InChI is InChI=1S/C12H16O2/c1-3-10-6-4-5-9(2)12(10)14-11-7-8-13-11/h4-6,11H,3,7-8H2,1-2H3. The molecule has 0 amide bonds. The Labute approximate surface area is 84.8 Å². The van der Waals surface area contributed by atoms with E-state index in [1.165, 1.54) is 11.1 Å². The molecular formula is C12H16O2. The Kier molecular flexibility index (Phi) is 2.73. The number of aryl methyl sites for hydroxylation is 2. The predicted octanol–water partition coefficient (Wildman–Crippen LogP) is 2.68. The quantitative estimate of drug-likeness (QED) is 0.733. The lowest BCUT2D eigenvalue weighted by Gasteiger charge is -2.28. The molecule has 1 unspecified atom stereocenters. The van der Waals surface area contributed by atoms with E-state index in [0.717, 1.165) is 25.2 Å². The minimum Gasteiger partial charge on any atom is -0.464 e. The van der Waals surface area contributed by atoms with E-state index in [1.54, 1.807) is 0 Å². The first-order valence-electron chi connectivity index (χ1n) is 5.18. The molecule has 1 aliphatic heterocycles. The average Bonchev–Trinajstić information content (AvgIpc) is 2.12. The van der Waals surface area contributed by atoms with Gasteiger partial charge >= 0.3 is 0 Å². The van der Waals surface area contributed by atoms with Crippen LogP contribution in [0.4, 0.5) is 0 Å². The zero-order valence-corrected chi connectivity index (χ0v) is 8.75. The van der Waals surface area contributed by atoms with Crippen molar-refractivity contribution in [2.45, 2.75) is 33.0 Å². The summed E-state index contributed by atoms with van der Waals surface area (Å²) < 4.78 is 11.0. The van der Waals surface area contributed by atoms with E-state index in [9.17, 15) is 0 Å². The van der Waals surface area contributed by atoms with Crippen LogP contribution < -0.4 is 4.74 Å². The van der Waals surface area contributed by atoms with Crippen molar-refractivity contribution in [3.05, 3.63) is 29.3 Å². The Morgan fingerprint density at radius 3 is 2.86 bits per heavy atom. The third-order valence-corrected chi connectivity index (χ3v) is 2.58. The molecular weight excluding hydrogens is 176 g/mol. The molecule has 1 aromatic rings. The van der Waals surface area contributed by atoms with Crippen LogP contribution in [0.25, 0.3) is 0 Å². The van der Waals surface area contributed by atoms with Crippen molar-refractivity contribution in [3.8, 4) is 5.75 Å². The van der Waals surface area contributed by atoms with Gasteiger partial charge in [-0.05, 0) is 24.5 Å².